The van der Waals surface area contributed by atoms with Gasteiger partial charge in [0.15, 0.2) is 0 Å². The molecule has 7 unspecified atom stereocenters. The molecule has 0 saturated carbocycles. The molecule has 2 saturated heterocycles. The number of hydrogen-bond donors (Lipinski definition) is 4. The Hall–Kier alpha value is -0.0100. The van der Waals surface area contributed by atoms with Crippen molar-refractivity contribution in [1.29, 1.82) is 0 Å². The van der Waals surface area contributed by atoms with Gasteiger partial charge in [0.2, 0.25) is 0 Å². The third-order valence-corrected chi connectivity index (χ3v) is 6.44. The highest BCUT2D eigenvalue weighted by molar-refractivity contribution is 7.86. The van der Waals surface area contributed by atoms with Crippen molar-refractivity contribution in [1.82, 2.24) is 0 Å². The minimum atomic E-state index is -1.26. The maximum absolute atomic E-state index is 12.3. The van der Waals surface area contributed by atoms with Crippen molar-refractivity contribution >= 4 is 10.8 Å². The first-order chi connectivity index (χ1) is 8.50. The summed E-state index contributed by atoms with van der Waals surface area (Å²) >= 11 is 0. The Bertz CT molecular complexity index is 311. The summed E-state index contributed by atoms with van der Waals surface area (Å²) in [6.45, 7) is 0. The number of rotatable bonds is 0. The van der Waals surface area contributed by atoms with E-state index in [9.17, 15) is 24.6 Å². The van der Waals surface area contributed by atoms with Crippen molar-refractivity contribution < 1.29 is 24.6 Å². The topological polar surface area (TPSA) is 98.0 Å². The molecule has 2 aliphatic heterocycles. The maximum atomic E-state index is 12.3. The summed E-state index contributed by atoms with van der Waals surface area (Å²) < 4.78 is 12.3. The van der Waals surface area contributed by atoms with Crippen molar-refractivity contribution in [3.8, 4) is 0 Å². The third-order valence-electron chi connectivity index (χ3n) is 4.15. The molecule has 0 amide bonds. The zero-order valence-corrected chi connectivity index (χ0v) is 11.1. The highest BCUT2D eigenvalue weighted by atomic mass is 32.2. The fraction of sp³-hybridized carbons (Fsp3) is 1.00. The molecular formula is C12H22O5S. The number of hydrogen-bond acceptors (Lipinski definition) is 5. The molecule has 0 aromatic heterocycles. The SMILES string of the molecule is O=S1C2CCC(O)C(O)CCC(O)C1CCC2O. The molecule has 0 aliphatic carbocycles. The second-order valence-electron chi connectivity index (χ2n) is 5.41. The largest absolute Gasteiger partial charge is 0.392 e. The van der Waals surface area contributed by atoms with Crippen molar-refractivity contribution in [2.75, 3.05) is 0 Å². The average Bonchev–Trinajstić information content (AvgIpc) is 2.34. The first-order valence-corrected chi connectivity index (χ1v) is 7.90. The summed E-state index contributed by atoms with van der Waals surface area (Å²) in [7, 11) is -1.26. The Morgan fingerprint density at radius 1 is 0.611 bits per heavy atom. The van der Waals surface area contributed by atoms with Gasteiger partial charge in [0.05, 0.1) is 34.9 Å². The minimum absolute atomic E-state index is 0.305. The van der Waals surface area contributed by atoms with Gasteiger partial charge in [-0.15, -0.1) is 0 Å². The lowest BCUT2D eigenvalue weighted by atomic mass is 9.94. The summed E-state index contributed by atoms with van der Waals surface area (Å²) in [5, 5.41) is 38.7. The van der Waals surface area contributed by atoms with Gasteiger partial charge in [0, 0.05) is 10.8 Å². The van der Waals surface area contributed by atoms with Crippen molar-refractivity contribution in [2.45, 2.75) is 73.4 Å². The van der Waals surface area contributed by atoms with Crippen LogP contribution in [0.5, 0.6) is 0 Å². The van der Waals surface area contributed by atoms with Gasteiger partial charge in [0.1, 0.15) is 0 Å². The molecule has 2 bridgehead atoms. The van der Waals surface area contributed by atoms with Crippen LogP contribution in [0.4, 0.5) is 0 Å². The van der Waals surface area contributed by atoms with Crippen LogP contribution in [0.25, 0.3) is 0 Å². The van der Waals surface area contributed by atoms with Crippen LogP contribution >= 0.6 is 0 Å². The van der Waals surface area contributed by atoms with Crippen LogP contribution in [0.15, 0.2) is 0 Å². The standard InChI is InChI=1S/C12H22O5S/c13-7-1-2-9(15)12-6-4-10(16)11(18(12)17)5-3-8(7)14/h7-16H,1-6H2. The van der Waals surface area contributed by atoms with E-state index in [4.69, 9.17) is 0 Å². The van der Waals surface area contributed by atoms with E-state index in [2.05, 4.69) is 0 Å². The van der Waals surface area contributed by atoms with Crippen LogP contribution in [0, 0.1) is 0 Å². The van der Waals surface area contributed by atoms with E-state index >= 15 is 0 Å². The number of fused-ring (bicyclic) bond motifs is 2. The molecule has 2 rings (SSSR count). The molecule has 0 aromatic rings. The Morgan fingerprint density at radius 2 is 0.944 bits per heavy atom. The molecule has 18 heavy (non-hydrogen) atoms. The first-order valence-electron chi connectivity index (χ1n) is 6.62. The zero-order chi connectivity index (χ0) is 13.3. The Balaban J connectivity index is 2.15. The molecule has 6 heteroatoms. The molecule has 0 aromatic carbocycles. The summed E-state index contributed by atoms with van der Waals surface area (Å²) in [6, 6.07) is 0. The van der Waals surface area contributed by atoms with Gasteiger partial charge in [0.25, 0.3) is 0 Å². The second-order valence-corrected chi connectivity index (χ2v) is 7.27. The third kappa shape index (κ3) is 2.93. The van der Waals surface area contributed by atoms with E-state index in [0.717, 1.165) is 0 Å². The molecule has 2 heterocycles. The van der Waals surface area contributed by atoms with Crippen molar-refractivity contribution in [3.05, 3.63) is 0 Å². The summed E-state index contributed by atoms with van der Waals surface area (Å²) in [5.74, 6) is 0. The molecule has 106 valence electrons. The fourth-order valence-corrected chi connectivity index (χ4v) is 5.00. The van der Waals surface area contributed by atoms with Crippen LogP contribution < -0.4 is 0 Å². The van der Waals surface area contributed by atoms with Gasteiger partial charge in [-0.2, -0.15) is 0 Å². The van der Waals surface area contributed by atoms with Gasteiger partial charge in [-0.3, -0.25) is 4.21 Å². The van der Waals surface area contributed by atoms with Crippen LogP contribution in [-0.4, -0.2) is 59.6 Å². The van der Waals surface area contributed by atoms with E-state index in [1.54, 1.807) is 0 Å². The van der Waals surface area contributed by atoms with E-state index in [1.165, 1.54) is 0 Å². The van der Waals surface area contributed by atoms with Crippen LogP contribution in [0.1, 0.15) is 38.5 Å². The van der Waals surface area contributed by atoms with E-state index in [-0.39, 0.29) is 5.25 Å². The predicted molar refractivity (Wildman–Crippen MR) is 67.4 cm³/mol. The average molecular weight is 278 g/mol. The number of aliphatic hydroxyl groups is 4. The van der Waals surface area contributed by atoms with Crippen molar-refractivity contribution in [3.63, 3.8) is 0 Å². The van der Waals surface area contributed by atoms with Gasteiger partial charge in [-0.05, 0) is 38.5 Å². The fourth-order valence-electron chi connectivity index (χ4n) is 2.92. The lowest BCUT2D eigenvalue weighted by Gasteiger charge is -2.37. The second kappa shape index (κ2) is 5.96. The summed E-state index contributed by atoms with van der Waals surface area (Å²) in [6.07, 6.45) is -0.503. The molecular weight excluding hydrogens is 256 g/mol. The Labute approximate surface area is 109 Å². The number of aliphatic hydroxyl groups excluding tert-OH is 4. The van der Waals surface area contributed by atoms with Gasteiger partial charge in [-0.25, -0.2) is 0 Å². The predicted octanol–water partition coefficient (Wildman–Crippen LogP) is -0.716. The normalized spacial score (nSPS) is 50.8. The molecule has 4 N–H and O–H groups in total. The maximum Gasteiger partial charge on any atom is 0.0800 e. The van der Waals surface area contributed by atoms with Crippen LogP contribution in [0.3, 0.4) is 0 Å². The quantitative estimate of drug-likeness (QED) is 0.469. The summed E-state index contributed by atoms with van der Waals surface area (Å²) in [4.78, 5) is 0. The lowest BCUT2D eigenvalue weighted by Crippen LogP contribution is -2.47. The molecule has 0 radical (unpaired) electrons. The first kappa shape index (κ1) is 14.4. The highest BCUT2D eigenvalue weighted by Crippen LogP contribution is 2.31. The molecule has 5 nitrogen and oxygen atoms in total. The van der Waals surface area contributed by atoms with E-state index < -0.39 is 40.5 Å². The van der Waals surface area contributed by atoms with Crippen LogP contribution in [0.2, 0.25) is 0 Å². The Morgan fingerprint density at radius 3 is 1.44 bits per heavy atom. The molecule has 2 fully saturated rings. The molecule has 0 spiro atoms. The van der Waals surface area contributed by atoms with Crippen molar-refractivity contribution in [2.24, 2.45) is 0 Å². The molecule has 2 aliphatic rings. The summed E-state index contributed by atoms with van der Waals surface area (Å²) in [5.41, 5.74) is 0. The molecule has 7 atom stereocenters. The smallest absolute Gasteiger partial charge is 0.0800 e. The van der Waals surface area contributed by atoms with Crippen LogP contribution in [-0.2, 0) is 10.8 Å². The lowest BCUT2D eigenvalue weighted by molar-refractivity contribution is -0.00513. The van der Waals surface area contributed by atoms with E-state index in [0.29, 0.717) is 38.5 Å². The minimum Gasteiger partial charge on any atom is -0.392 e. The Kier molecular flexibility index (Phi) is 4.77. The monoisotopic (exact) mass is 278 g/mol. The van der Waals surface area contributed by atoms with E-state index in [1.807, 2.05) is 0 Å². The van der Waals surface area contributed by atoms with Gasteiger partial charge >= 0.3 is 0 Å². The van der Waals surface area contributed by atoms with Gasteiger partial charge < -0.3 is 20.4 Å². The van der Waals surface area contributed by atoms with Gasteiger partial charge in [-0.1, -0.05) is 0 Å². The zero-order valence-electron chi connectivity index (χ0n) is 10.3. The highest BCUT2D eigenvalue weighted by Gasteiger charge is 2.40.